The summed E-state index contributed by atoms with van der Waals surface area (Å²) in [4.78, 5) is 12.1. The molecule has 0 aromatic heterocycles. The zero-order valence-corrected chi connectivity index (χ0v) is 17.9. The van der Waals surface area contributed by atoms with Crippen LogP contribution < -0.4 is 10.2 Å². The molecular weight excluding hydrogens is 369 g/mol. The van der Waals surface area contributed by atoms with Gasteiger partial charge in [-0.25, -0.2) is 4.39 Å². The van der Waals surface area contributed by atoms with E-state index >= 15 is 0 Å². The smallest absolute Gasteiger partial charge is 0.194 e. The first-order chi connectivity index (χ1) is 14.2. The number of piperidine rings is 1. The third-order valence-corrected chi connectivity index (χ3v) is 5.92. The molecule has 0 bridgehead atoms. The lowest BCUT2D eigenvalue weighted by Crippen LogP contribution is -2.52. The largest absolute Gasteiger partial charge is 0.383 e. The Balaban J connectivity index is 1.48. The van der Waals surface area contributed by atoms with Crippen LogP contribution >= 0.6 is 0 Å². The summed E-state index contributed by atoms with van der Waals surface area (Å²) in [5.41, 5.74) is 1.09. The number of piperazine rings is 1. The molecule has 0 saturated carbocycles. The Morgan fingerprint density at radius 1 is 1.10 bits per heavy atom. The number of guanidine groups is 1. The zero-order valence-electron chi connectivity index (χ0n) is 17.9. The summed E-state index contributed by atoms with van der Waals surface area (Å²) in [5, 5.41) is 3.47. The molecule has 2 heterocycles. The van der Waals surface area contributed by atoms with E-state index in [4.69, 9.17) is 9.73 Å². The van der Waals surface area contributed by atoms with Crippen molar-refractivity contribution in [2.24, 2.45) is 10.9 Å². The predicted octanol–water partition coefficient (Wildman–Crippen LogP) is 2.27. The van der Waals surface area contributed by atoms with Crippen LogP contribution in [0.25, 0.3) is 0 Å². The lowest BCUT2D eigenvalue weighted by molar-refractivity contribution is 0.121. The third-order valence-electron chi connectivity index (χ3n) is 5.92. The van der Waals surface area contributed by atoms with Crippen molar-refractivity contribution in [3.63, 3.8) is 0 Å². The second-order valence-electron chi connectivity index (χ2n) is 7.92. The van der Waals surface area contributed by atoms with Crippen LogP contribution in [0.15, 0.2) is 29.3 Å². The maximum atomic E-state index is 13.2. The van der Waals surface area contributed by atoms with Crippen molar-refractivity contribution in [3.05, 3.63) is 30.1 Å². The van der Waals surface area contributed by atoms with E-state index in [1.165, 1.54) is 25.0 Å². The lowest BCUT2D eigenvalue weighted by atomic mass is 9.97. The molecule has 0 aliphatic carbocycles. The molecule has 1 N–H and O–H groups in total. The van der Waals surface area contributed by atoms with Gasteiger partial charge in [0.2, 0.25) is 0 Å². The molecule has 0 amide bonds. The van der Waals surface area contributed by atoms with E-state index in [-0.39, 0.29) is 5.82 Å². The van der Waals surface area contributed by atoms with Crippen LogP contribution in [0.1, 0.15) is 19.8 Å². The summed E-state index contributed by atoms with van der Waals surface area (Å²) < 4.78 is 18.4. The average molecular weight is 406 g/mol. The topological polar surface area (TPSA) is 43.3 Å². The lowest BCUT2D eigenvalue weighted by Gasteiger charge is -2.38. The highest BCUT2D eigenvalue weighted by Crippen LogP contribution is 2.19. The van der Waals surface area contributed by atoms with Crippen molar-refractivity contribution in [2.45, 2.75) is 19.8 Å². The van der Waals surface area contributed by atoms with Gasteiger partial charge in [0.25, 0.3) is 0 Å². The summed E-state index contributed by atoms with van der Waals surface area (Å²) in [7, 11) is 1.77. The third kappa shape index (κ3) is 6.57. The van der Waals surface area contributed by atoms with E-state index in [1.54, 1.807) is 7.11 Å². The van der Waals surface area contributed by atoms with Gasteiger partial charge in [-0.15, -0.1) is 0 Å². The van der Waals surface area contributed by atoms with E-state index in [9.17, 15) is 4.39 Å². The number of anilines is 1. The quantitative estimate of drug-likeness (QED) is 0.557. The van der Waals surface area contributed by atoms with Crippen LogP contribution in [0.5, 0.6) is 0 Å². The average Bonchev–Trinajstić information content (AvgIpc) is 2.77. The second kappa shape index (κ2) is 11.4. The Kier molecular flexibility index (Phi) is 8.55. The second-order valence-corrected chi connectivity index (χ2v) is 7.92. The Labute approximate surface area is 174 Å². The van der Waals surface area contributed by atoms with Gasteiger partial charge in [-0.3, -0.25) is 4.99 Å². The molecule has 7 heteroatoms. The molecule has 162 valence electrons. The molecule has 1 aromatic rings. The van der Waals surface area contributed by atoms with Crippen LogP contribution in [0.4, 0.5) is 10.1 Å². The number of nitrogens with zero attached hydrogens (tertiary/aromatic N) is 4. The maximum Gasteiger partial charge on any atom is 0.194 e. The molecule has 0 atom stereocenters. The van der Waals surface area contributed by atoms with Gasteiger partial charge in [0.05, 0.1) is 6.61 Å². The van der Waals surface area contributed by atoms with E-state index in [2.05, 4.69) is 26.9 Å². The van der Waals surface area contributed by atoms with Gasteiger partial charge in [-0.1, -0.05) is 0 Å². The summed E-state index contributed by atoms with van der Waals surface area (Å²) in [6.07, 6.45) is 2.43. The molecule has 2 aliphatic rings. The van der Waals surface area contributed by atoms with Crippen LogP contribution in [0.2, 0.25) is 0 Å². The number of methoxy groups -OCH3 is 1. The van der Waals surface area contributed by atoms with Crippen molar-refractivity contribution < 1.29 is 9.13 Å². The normalized spacial score (nSPS) is 19.6. The molecule has 2 saturated heterocycles. The number of nitrogens with one attached hydrogen (secondary N) is 1. The minimum Gasteiger partial charge on any atom is -0.383 e. The highest BCUT2D eigenvalue weighted by Gasteiger charge is 2.22. The molecule has 1 aromatic carbocycles. The summed E-state index contributed by atoms with van der Waals surface area (Å²) >= 11 is 0. The fraction of sp³-hybridized carbons (Fsp3) is 0.682. The first-order valence-corrected chi connectivity index (χ1v) is 10.9. The van der Waals surface area contributed by atoms with Crippen LogP contribution in [-0.4, -0.2) is 88.4 Å². The zero-order chi connectivity index (χ0) is 20.5. The molecule has 29 heavy (non-hydrogen) atoms. The summed E-state index contributed by atoms with van der Waals surface area (Å²) in [6.45, 7) is 11.8. The molecule has 2 fully saturated rings. The highest BCUT2D eigenvalue weighted by molar-refractivity contribution is 5.80. The van der Waals surface area contributed by atoms with E-state index in [1.807, 2.05) is 12.1 Å². The minimum atomic E-state index is -0.182. The molecule has 6 nitrogen and oxygen atoms in total. The van der Waals surface area contributed by atoms with Gasteiger partial charge in [0.15, 0.2) is 5.96 Å². The first-order valence-electron chi connectivity index (χ1n) is 10.9. The number of aliphatic imine (C=N–C) groups is 1. The van der Waals surface area contributed by atoms with Gasteiger partial charge in [-0.2, -0.15) is 0 Å². The SMILES string of the molecule is CCNC(=NCC1CCN(CCOC)CC1)N1CCN(c2ccc(F)cc2)CC1. The number of halogens is 1. The molecule has 0 unspecified atom stereocenters. The number of hydrogen-bond donors (Lipinski definition) is 1. The molecule has 0 spiro atoms. The van der Waals surface area contributed by atoms with E-state index in [0.29, 0.717) is 5.92 Å². The van der Waals surface area contributed by atoms with Gasteiger partial charge in [-0.05, 0) is 63.0 Å². The van der Waals surface area contributed by atoms with Crippen LogP contribution in [-0.2, 0) is 4.74 Å². The minimum absolute atomic E-state index is 0.182. The Bertz CT molecular complexity index is 623. The maximum absolute atomic E-state index is 13.2. The Morgan fingerprint density at radius 2 is 1.79 bits per heavy atom. The summed E-state index contributed by atoms with van der Waals surface area (Å²) in [5.74, 6) is 1.52. The van der Waals surface area contributed by atoms with Gasteiger partial charge in [0, 0.05) is 58.6 Å². The number of rotatable bonds is 7. The van der Waals surface area contributed by atoms with Crippen molar-refractivity contribution >= 4 is 11.6 Å². The Hall–Kier alpha value is -1.86. The van der Waals surface area contributed by atoms with Crippen LogP contribution in [0, 0.1) is 11.7 Å². The number of likely N-dealkylation sites (tertiary alicyclic amines) is 1. The Morgan fingerprint density at radius 3 is 2.41 bits per heavy atom. The van der Waals surface area contributed by atoms with Crippen molar-refractivity contribution in [2.75, 3.05) is 77.5 Å². The van der Waals surface area contributed by atoms with Crippen molar-refractivity contribution in [1.29, 1.82) is 0 Å². The van der Waals surface area contributed by atoms with Crippen molar-refractivity contribution in [3.8, 4) is 0 Å². The number of hydrogen-bond acceptors (Lipinski definition) is 4. The van der Waals surface area contributed by atoms with E-state index in [0.717, 1.165) is 77.2 Å². The van der Waals surface area contributed by atoms with Crippen molar-refractivity contribution in [1.82, 2.24) is 15.1 Å². The fourth-order valence-electron chi connectivity index (χ4n) is 4.08. The standard InChI is InChI=1S/C22H36FN5O/c1-3-24-22(25-18-19-8-10-26(11-9-19)16-17-29-2)28-14-12-27(13-15-28)21-6-4-20(23)5-7-21/h4-7,19H,3,8-18H2,1-2H3,(H,24,25). The predicted molar refractivity (Wildman–Crippen MR) is 117 cm³/mol. The van der Waals surface area contributed by atoms with Crippen LogP contribution in [0.3, 0.4) is 0 Å². The van der Waals surface area contributed by atoms with Gasteiger partial charge in [0.1, 0.15) is 5.82 Å². The molecular formula is C22H36FN5O. The first kappa shape index (κ1) is 21.8. The number of benzene rings is 1. The number of ether oxygens (including phenoxy) is 1. The van der Waals surface area contributed by atoms with Gasteiger partial charge >= 0.3 is 0 Å². The fourth-order valence-corrected chi connectivity index (χ4v) is 4.08. The molecule has 2 aliphatic heterocycles. The summed E-state index contributed by atoms with van der Waals surface area (Å²) in [6, 6.07) is 6.80. The molecule has 0 radical (unpaired) electrons. The van der Waals surface area contributed by atoms with E-state index < -0.39 is 0 Å². The monoisotopic (exact) mass is 405 g/mol. The highest BCUT2D eigenvalue weighted by atomic mass is 19.1. The van der Waals surface area contributed by atoms with Gasteiger partial charge < -0.3 is 24.8 Å². The molecule has 3 rings (SSSR count).